The number of hydrogen-bond donors (Lipinski definition) is 1. The summed E-state index contributed by atoms with van der Waals surface area (Å²) in [4.78, 5) is 14.4. The van der Waals surface area contributed by atoms with Gasteiger partial charge in [0, 0.05) is 10.1 Å². The van der Waals surface area contributed by atoms with Crippen LogP contribution in [0.1, 0.15) is 27.5 Å². The summed E-state index contributed by atoms with van der Waals surface area (Å²) < 4.78 is 13.7. The minimum absolute atomic E-state index is 0.0812. The van der Waals surface area contributed by atoms with Crippen molar-refractivity contribution in [3.63, 3.8) is 0 Å². The fourth-order valence-corrected chi connectivity index (χ4v) is 3.07. The molecule has 0 spiro atoms. The molecular formula is C18H20FIN2O. The van der Waals surface area contributed by atoms with E-state index in [0.29, 0.717) is 15.7 Å². The summed E-state index contributed by atoms with van der Waals surface area (Å²) in [6.07, 6.45) is 0. The van der Waals surface area contributed by atoms with E-state index in [2.05, 4.69) is 34.5 Å². The maximum atomic E-state index is 13.1. The SMILES string of the molecule is Cc1ccc(C(CNC(=O)c2ccc(F)cc2I)N(C)C)cc1. The van der Waals surface area contributed by atoms with Crippen LogP contribution >= 0.6 is 22.6 Å². The van der Waals surface area contributed by atoms with Crippen LogP contribution < -0.4 is 5.32 Å². The molecule has 23 heavy (non-hydrogen) atoms. The Bertz CT molecular complexity index is 686. The number of halogens is 2. The molecule has 1 N–H and O–H groups in total. The molecule has 0 radical (unpaired) electrons. The molecular weight excluding hydrogens is 406 g/mol. The molecule has 0 bridgehead atoms. The minimum Gasteiger partial charge on any atom is -0.350 e. The van der Waals surface area contributed by atoms with Crippen LogP contribution in [0.15, 0.2) is 42.5 Å². The van der Waals surface area contributed by atoms with Crippen molar-refractivity contribution in [1.82, 2.24) is 10.2 Å². The van der Waals surface area contributed by atoms with Crippen LogP contribution in [0.4, 0.5) is 4.39 Å². The second-order valence-electron chi connectivity index (χ2n) is 5.72. The van der Waals surface area contributed by atoms with E-state index in [1.807, 2.05) is 43.6 Å². The van der Waals surface area contributed by atoms with E-state index in [9.17, 15) is 9.18 Å². The Morgan fingerprint density at radius 1 is 1.22 bits per heavy atom. The van der Waals surface area contributed by atoms with Crippen molar-refractivity contribution < 1.29 is 9.18 Å². The Balaban J connectivity index is 2.09. The Morgan fingerprint density at radius 2 is 1.87 bits per heavy atom. The highest BCUT2D eigenvalue weighted by Crippen LogP contribution is 2.19. The van der Waals surface area contributed by atoms with Crippen LogP contribution in [0.5, 0.6) is 0 Å². The molecule has 0 saturated heterocycles. The van der Waals surface area contributed by atoms with Crippen LogP contribution in [0.3, 0.4) is 0 Å². The first-order chi connectivity index (χ1) is 10.9. The number of likely N-dealkylation sites (N-methyl/N-ethyl adjacent to an activating group) is 1. The van der Waals surface area contributed by atoms with Crippen molar-refractivity contribution in [1.29, 1.82) is 0 Å². The molecule has 0 aromatic heterocycles. The lowest BCUT2D eigenvalue weighted by Gasteiger charge is -2.25. The molecule has 1 unspecified atom stereocenters. The summed E-state index contributed by atoms with van der Waals surface area (Å²) >= 11 is 1.98. The summed E-state index contributed by atoms with van der Waals surface area (Å²) in [5.41, 5.74) is 2.85. The van der Waals surface area contributed by atoms with Crippen molar-refractivity contribution in [3.05, 3.63) is 68.5 Å². The minimum atomic E-state index is -0.336. The second kappa shape index (κ2) is 7.88. The van der Waals surface area contributed by atoms with Gasteiger partial charge in [-0.05, 0) is 67.4 Å². The van der Waals surface area contributed by atoms with Gasteiger partial charge in [-0.25, -0.2) is 4.39 Å². The zero-order chi connectivity index (χ0) is 17.0. The molecule has 5 heteroatoms. The summed E-state index contributed by atoms with van der Waals surface area (Å²) in [5.74, 6) is -0.523. The summed E-state index contributed by atoms with van der Waals surface area (Å²) in [5, 5.41) is 2.95. The van der Waals surface area contributed by atoms with Gasteiger partial charge >= 0.3 is 0 Å². The highest BCUT2D eigenvalue weighted by molar-refractivity contribution is 14.1. The molecule has 0 aliphatic carbocycles. The standard InChI is InChI=1S/C18H20FIN2O/c1-12-4-6-13(7-5-12)17(22(2)3)11-21-18(23)15-9-8-14(19)10-16(15)20/h4-10,17H,11H2,1-3H3,(H,21,23). The maximum Gasteiger partial charge on any atom is 0.252 e. The third-order valence-electron chi connectivity index (χ3n) is 3.72. The number of hydrogen-bond acceptors (Lipinski definition) is 2. The number of amides is 1. The average Bonchev–Trinajstić information content (AvgIpc) is 2.48. The molecule has 3 nitrogen and oxygen atoms in total. The van der Waals surface area contributed by atoms with Crippen LogP contribution in [-0.4, -0.2) is 31.4 Å². The van der Waals surface area contributed by atoms with E-state index in [1.54, 1.807) is 0 Å². The quantitative estimate of drug-likeness (QED) is 0.739. The number of aryl methyl sites for hydroxylation is 1. The van der Waals surface area contributed by atoms with Gasteiger partial charge in [-0.15, -0.1) is 0 Å². The molecule has 2 rings (SSSR count). The van der Waals surface area contributed by atoms with Gasteiger partial charge in [0.1, 0.15) is 5.82 Å². The summed E-state index contributed by atoms with van der Waals surface area (Å²) in [6.45, 7) is 2.54. The monoisotopic (exact) mass is 426 g/mol. The Morgan fingerprint density at radius 3 is 2.43 bits per heavy atom. The molecule has 122 valence electrons. The van der Waals surface area contributed by atoms with E-state index in [-0.39, 0.29) is 17.8 Å². The third-order valence-corrected chi connectivity index (χ3v) is 4.61. The smallest absolute Gasteiger partial charge is 0.252 e. The Hall–Kier alpha value is -1.47. The highest BCUT2D eigenvalue weighted by Gasteiger charge is 2.17. The van der Waals surface area contributed by atoms with E-state index >= 15 is 0 Å². The van der Waals surface area contributed by atoms with E-state index in [0.717, 1.165) is 5.56 Å². The lowest BCUT2D eigenvalue weighted by Crippen LogP contribution is -2.34. The lowest BCUT2D eigenvalue weighted by molar-refractivity contribution is 0.0941. The second-order valence-corrected chi connectivity index (χ2v) is 6.89. The highest BCUT2D eigenvalue weighted by atomic mass is 127. The van der Waals surface area contributed by atoms with E-state index in [4.69, 9.17) is 0 Å². The molecule has 0 heterocycles. The molecule has 0 fully saturated rings. The molecule has 2 aromatic carbocycles. The molecule has 0 aliphatic rings. The number of benzene rings is 2. The number of carbonyl (C=O) groups excluding carboxylic acids is 1. The first kappa shape index (κ1) is 17.9. The van der Waals surface area contributed by atoms with Gasteiger partial charge < -0.3 is 10.2 Å². The van der Waals surface area contributed by atoms with Crippen LogP contribution in [-0.2, 0) is 0 Å². The van der Waals surface area contributed by atoms with Gasteiger partial charge in [-0.3, -0.25) is 4.79 Å². The zero-order valence-corrected chi connectivity index (χ0v) is 15.6. The van der Waals surface area contributed by atoms with E-state index < -0.39 is 0 Å². The van der Waals surface area contributed by atoms with Gasteiger partial charge in [0.25, 0.3) is 5.91 Å². The van der Waals surface area contributed by atoms with Crippen molar-refractivity contribution in [2.24, 2.45) is 0 Å². The molecule has 2 aromatic rings. The van der Waals surface area contributed by atoms with Gasteiger partial charge in [0.05, 0.1) is 11.6 Å². The summed E-state index contributed by atoms with van der Waals surface area (Å²) in [7, 11) is 3.97. The summed E-state index contributed by atoms with van der Waals surface area (Å²) in [6, 6.07) is 12.6. The number of nitrogens with one attached hydrogen (secondary N) is 1. The molecule has 0 aliphatic heterocycles. The van der Waals surface area contributed by atoms with Gasteiger partial charge in [-0.1, -0.05) is 29.8 Å². The molecule has 0 saturated carbocycles. The van der Waals surface area contributed by atoms with Crippen molar-refractivity contribution in [3.8, 4) is 0 Å². The van der Waals surface area contributed by atoms with Gasteiger partial charge in [0.15, 0.2) is 0 Å². The Labute approximate surface area is 150 Å². The van der Waals surface area contributed by atoms with Crippen LogP contribution in [0.25, 0.3) is 0 Å². The van der Waals surface area contributed by atoms with Gasteiger partial charge in [0.2, 0.25) is 0 Å². The van der Waals surface area contributed by atoms with Gasteiger partial charge in [-0.2, -0.15) is 0 Å². The van der Waals surface area contributed by atoms with E-state index in [1.165, 1.54) is 23.8 Å². The average molecular weight is 426 g/mol. The fraction of sp³-hybridized carbons (Fsp3) is 0.278. The van der Waals surface area contributed by atoms with Crippen LogP contribution in [0, 0.1) is 16.3 Å². The topological polar surface area (TPSA) is 32.3 Å². The van der Waals surface area contributed by atoms with Crippen molar-refractivity contribution in [2.75, 3.05) is 20.6 Å². The largest absolute Gasteiger partial charge is 0.350 e. The Kier molecular flexibility index (Phi) is 6.12. The molecule has 1 atom stereocenters. The first-order valence-electron chi connectivity index (χ1n) is 7.34. The lowest BCUT2D eigenvalue weighted by atomic mass is 10.0. The zero-order valence-electron chi connectivity index (χ0n) is 13.4. The number of nitrogens with zero attached hydrogens (tertiary/aromatic N) is 1. The van der Waals surface area contributed by atoms with Crippen molar-refractivity contribution >= 4 is 28.5 Å². The van der Waals surface area contributed by atoms with Crippen molar-refractivity contribution in [2.45, 2.75) is 13.0 Å². The fourth-order valence-electron chi connectivity index (χ4n) is 2.35. The normalized spacial score (nSPS) is 12.3. The number of carbonyl (C=O) groups is 1. The first-order valence-corrected chi connectivity index (χ1v) is 8.42. The molecule has 1 amide bonds. The maximum absolute atomic E-state index is 13.1. The third kappa shape index (κ3) is 4.75. The number of rotatable bonds is 5. The van der Waals surface area contributed by atoms with Crippen LogP contribution in [0.2, 0.25) is 0 Å². The predicted molar refractivity (Wildman–Crippen MR) is 99.1 cm³/mol. The predicted octanol–water partition coefficient (Wildman–Crippen LogP) is 3.77.